The van der Waals surface area contributed by atoms with Gasteiger partial charge in [0.05, 0.1) is 37.9 Å². The van der Waals surface area contributed by atoms with Crippen molar-refractivity contribution in [2.45, 2.75) is 46.0 Å². The number of cyclic esters (lactones) is 1. The van der Waals surface area contributed by atoms with Crippen molar-refractivity contribution in [3.8, 4) is 11.4 Å². The van der Waals surface area contributed by atoms with Crippen molar-refractivity contribution >= 4 is 12.2 Å². The highest BCUT2D eigenvalue weighted by Gasteiger charge is 2.40. The lowest BCUT2D eigenvalue weighted by Crippen LogP contribution is -2.47. The average Bonchev–Trinajstić information content (AvgIpc) is 3.72. The summed E-state index contributed by atoms with van der Waals surface area (Å²) in [6.07, 6.45) is 7.55. The van der Waals surface area contributed by atoms with E-state index in [0.717, 1.165) is 42.1 Å². The van der Waals surface area contributed by atoms with E-state index < -0.39 is 0 Å². The number of hydroxylamine groups is 1. The van der Waals surface area contributed by atoms with Gasteiger partial charge in [0, 0.05) is 12.7 Å². The molecule has 3 aromatic rings. The number of hydrogen-bond donors (Lipinski definition) is 1. The van der Waals surface area contributed by atoms with Gasteiger partial charge in [-0.15, -0.1) is 0 Å². The van der Waals surface area contributed by atoms with Crippen LogP contribution in [-0.2, 0) is 9.57 Å². The molecule has 3 aliphatic heterocycles. The number of benzene rings is 2. The smallest absolute Gasteiger partial charge is 0.410 e. The van der Waals surface area contributed by atoms with Gasteiger partial charge in [0.25, 0.3) is 0 Å². The molecule has 1 aromatic heterocycles. The zero-order valence-electron chi connectivity index (χ0n) is 23.5. The van der Waals surface area contributed by atoms with E-state index in [1.165, 1.54) is 17.7 Å². The number of carbonyl (C=O) groups is 1. The summed E-state index contributed by atoms with van der Waals surface area (Å²) in [5.74, 6) is 0.614. The molecule has 2 aromatic carbocycles. The maximum atomic E-state index is 11.9. The Morgan fingerprint density at radius 3 is 2.60 bits per heavy atom. The fourth-order valence-corrected chi connectivity index (χ4v) is 4.86. The Morgan fingerprint density at radius 2 is 1.98 bits per heavy atom. The van der Waals surface area contributed by atoms with Gasteiger partial charge >= 0.3 is 6.09 Å². The number of hydrogen-bond acceptors (Lipinski definition) is 7. The lowest BCUT2D eigenvalue weighted by atomic mass is 9.98. The van der Waals surface area contributed by atoms with Crippen LogP contribution in [-0.4, -0.2) is 71.2 Å². The number of rotatable bonds is 5. The number of nitrogens with one attached hydrogen (secondary N) is 1. The van der Waals surface area contributed by atoms with E-state index in [2.05, 4.69) is 27.5 Å². The number of carbonyl (C=O) groups excluding carboxylic acids is 1. The highest BCUT2D eigenvalue weighted by Crippen LogP contribution is 2.31. The standard InChI is InChI=1S/C22H27N5O4.C6H5F.C2H6/c1-15-12-26(14-23-15)18-6-5-16(11-19(18)29-2)10-17-4-3-7-27-20(31-24-21(17)27)13-25-8-9-30-22(25)28;7-6-4-2-1-3-5-6;1-2/h5-6,10-12,14,20-21,24H,3-4,7-9,13H2,1-2H3;1-5H;1-2H3/b17-10+;;/t20-,21?;;/m0../s1. The van der Waals surface area contributed by atoms with Crippen molar-refractivity contribution in [2.75, 3.05) is 33.4 Å². The van der Waals surface area contributed by atoms with Crippen LogP contribution in [0.3, 0.4) is 0 Å². The van der Waals surface area contributed by atoms with E-state index >= 15 is 0 Å². The van der Waals surface area contributed by atoms with Gasteiger partial charge in [-0.05, 0) is 55.2 Å². The summed E-state index contributed by atoms with van der Waals surface area (Å²) < 4.78 is 24.6. The van der Waals surface area contributed by atoms with Crippen molar-refractivity contribution in [1.82, 2.24) is 24.8 Å². The second-order valence-electron chi connectivity index (χ2n) is 9.36. The van der Waals surface area contributed by atoms with Crippen molar-refractivity contribution in [1.29, 1.82) is 0 Å². The first kappa shape index (κ1) is 29.3. The Bertz CT molecular complexity index is 1280. The van der Waals surface area contributed by atoms with Gasteiger partial charge in [-0.3, -0.25) is 9.74 Å². The highest BCUT2D eigenvalue weighted by atomic mass is 19.1. The molecule has 10 heteroatoms. The van der Waals surface area contributed by atoms with Crippen molar-refractivity contribution in [2.24, 2.45) is 0 Å². The van der Waals surface area contributed by atoms with Crippen LogP contribution in [0.4, 0.5) is 9.18 Å². The summed E-state index contributed by atoms with van der Waals surface area (Å²) in [5, 5.41) is 0. The first-order valence-corrected chi connectivity index (χ1v) is 13.7. The molecule has 1 N–H and O–H groups in total. The van der Waals surface area contributed by atoms with Crippen LogP contribution in [0.5, 0.6) is 5.75 Å². The lowest BCUT2D eigenvalue weighted by Gasteiger charge is -2.33. The Morgan fingerprint density at radius 1 is 1.18 bits per heavy atom. The minimum Gasteiger partial charge on any atom is -0.495 e. The lowest BCUT2D eigenvalue weighted by molar-refractivity contribution is -0.0228. The fourth-order valence-electron chi connectivity index (χ4n) is 4.86. The van der Waals surface area contributed by atoms with Crippen molar-refractivity contribution in [3.63, 3.8) is 0 Å². The summed E-state index contributed by atoms with van der Waals surface area (Å²) in [6, 6.07) is 14.1. The van der Waals surface area contributed by atoms with Gasteiger partial charge in [-0.1, -0.05) is 44.2 Å². The Balaban J connectivity index is 0.000000355. The number of nitrogens with zero attached hydrogens (tertiary/aromatic N) is 4. The molecule has 0 aliphatic carbocycles. The third-order valence-corrected chi connectivity index (χ3v) is 6.75. The molecule has 1 unspecified atom stereocenters. The number of imidazole rings is 1. The highest BCUT2D eigenvalue weighted by molar-refractivity contribution is 5.69. The van der Waals surface area contributed by atoms with Crippen LogP contribution in [0, 0.1) is 12.7 Å². The van der Waals surface area contributed by atoms with E-state index in [4.69, 9.17) is 14.3 Å². The largest absolute Gasteiger partial charge is 0.495 e. The van der Waals surface area contributed by atoms with Crippen LogP contribution in [0.15, 0.2) is 66.6 Å². The number of ether oxygens (including phenoxy) is 2. The summed E-state index contributed by atoms with van der Waals surface area (Å²) in [4.78, 5) is 25.9. The predicted octanol–water partition coefficient (Wildman–Crippen LogP) is 5.16. The fraction of sp³-hybridized carbons (Fsp3) is 0.400. The molecule has 40 heavy (non-hydrogen) atoms. The molecule has 0 saturated carbocycles. The number of amides is 1. The summed E-state index contributed by atoms with van der Waals surface area (Å²) in [7, 11) is 1.68. The van der Waals surface area contributed by atoms with Gasteiger partial charge in [-0.2, -0.15) is 5.48 Å². The number of halogens is 1. The molecule has 6 rings (SSSR count). The SMILES string of the molecule is CC.COc1cc(/C=C2\CCCN3C2NO[C@H]3CN2CCOC2=O)ccc1-n1cnc(C)c1.Fc1ccccc1. The van der Waals surface area contributed by atoms with Crippen LogP contribution in [0.2, 0.25) is 0 Å². The molecule has 2 atom stereocenters. The quantitative estimate of drug-likeness (QED) is 0.469. The van der Waals surface area contributed by atoms with Gasteiger partial charge in [-0.25, -0.2) is 14.2 Å². The van der Waals surface area contributed by atoms with Gasteiger partial charge in [0.1, 0.15) is 24.3 Å². The Hall–Kier alpha value is -3.73. The normalized spacial score (nSPS) is 21.2. The molecule has 3 aliphatic rings. The molecule has 1 amide bonds. The molecular weight excluding hydrogens is 513 g/mol. The molecule has 4 heterocycles. The van der Waals surface area contributed by atoms with E-state index in [1.807, 2.05) is 43.7 Å². The molecule has 3 fully saturated rings. The molecule has 0 radical (unpaired) electrons. The molecule has 9 nitrogen and oxygen atoms in total. The number of fused-ring (bicyclic) bond motifs is 1. The molecule has 214 valence electrons. The van der Waals surface area contributed by atoms with Crippen molar-refractivity contribution < 1.29 is 23.5 Å². The van der Waals surface area contributed by atoms with Crippen LogP contribution >= 0.6 is 0 Å². The second kappa shape index (κ2) is 14.1. The Labute approximate surface area is 235 Å². The first-order valence-electron chi connectivity index (χ1n) is 13.7. The van der Waals surface area contributed by atoms with E-state index in [-0.39, 0.29) is 24.3 Å². The molecule has 0 spiro atoms. The summed E-state index contributed by atoms with van der Waals surface area (Å²) >= 11 is 0. The van der Waals surface area contributed by atoms with Crippen LogP contribution in [0.25, 0.3) is 11.8 Å². The van der Waals surface area contributed by atoms with E-state index in [9.17, 15) is 9.18 Å². The molecule has 3 saturated heterocycles. The second-order valence-corrected chi connectivity index (χ2v) is 9.36. The minimum absolute atomic E-state index is 0.000608. The van der Waals surface area contributed by atoms with E-state index in [1.54, 1.807) is 36.5 Å². The van der Waals surface area contributed by atoms with Gasteiger partial charge < -0.3 is 18.9 Å². The van der Waals surface area contributed by atoms with Gasteiger partial charge in [0.2, 0.25) is 0 Å². The zero-order valence-corrected chi connectivity index (χ0v) is 23.5. The maximum absolute atomic E-state index is 11.9. The van der Waals surface area contributed by atoms with Crippen LogP contribution < -0.4 is 10.2 Å². The zero-order chi connectivity index (χ0) is 28.5. The molecule has 0 bridgehead atoms. The topological polar surface area (TPSA) is 81.1 Å². The number of piperidine rings is 1. The summed E-state index contributed by atoms with van der Waals surface area (Å²) in [5.41, 5.74) is 7.41. The maximum Gasteiger partial charge on any atom is 0.410 e. The minimum atomic E-state index is -0.264. The first-order chi connectivity index (χ1) is 19.5. The van der Waals surface area contributed by atoms with Gasteiger partial charge in [0.15, 0.2) is 6.23 Å². The third-order valence-electron chi connectivity index (χ3n) is 6.75. The third kappa shape index (κ3) is 7.07. The average molecular weight is 552 g/mol. The van der Waals surface area contributed by atoms with Crippen LogP contribution in [0.1, 0.15) is 37.9 Å². The number of aryl methyl sites for hydroxylation is 1. The monoisotopic (exact) mass is 551 g/mol. The molecular formula is C30H38FN5O4. The van der Waals surface area contributed by atoms with E-state index in [0.29, 0.717) is 19.7 Å². The Kier molecular flexibility index (Phi) is 10.3. The number of aromatic nitrogens is 2. The predicted molar refractivity (Wildman–Crippen MR) is 151 cm³/mol. The summed E-state index contributed by atoms with van der Waals surface area (Å²) in [6.45, 7) is 8.45. The van der Waals surface area contributed by atoms with Crippen molar-refractivity contribution in [3.05, 3.63) is 83.7 Å². The number of methoxy groups -OCH3 is 1.